The van der Waals surface area contributed by atoms with Crippen LogP contribution in [0.5, 0.6) is 0 Å². The number of amides is 2. The summed E-state index contributed by atoms with van der Waals surface area (Å²) in [5.74, 6) is -0.939. The molecule has 2 unspecified atom stereocenters. The summed E-state index contributed by atoms with van der Waals surface area (Å²) in [4.78, 5) is 31.0. The summed E-state index contributed by atoms with van der Waals surface area (Å²) in [5, 5.41) is 11.2. The van der Waals surface area contributed by atoms with E-state index in [9.17, 15) is 14.7 Å². The fourth-order valence-corrected chi connectivity index (χ4v) is 3.17. The smallest absolute Gasteiger partial charge is 0.326 e. The number of hydrogen-bond acceptors (Lipinski definition) is 4. The van der Waals surface area contributed by atoms with Crippen LogP contribution in [0.2, 0.25) is 0 Å². The highest BCUT2D eigenvalue weighted by Gasteiger charge is 2.38. The second-order valence-corrected chi connectivity index (χ2v) is 5.93. The van der Waals surface area contributed by atoms with Crippen molar-refractivity contribution >= 4 is 23.3 Å². The first-order valence-electron chi connectivity index (χ1n) is 6.62. The van der Waals surface area contributed by atoms with Gasteiger partial charge in [-0.2, -0.15) is 0 Å². The number of carboxylic acids is 1. The summed E-state index contributed by atoms with van der Waals surface area (Å²) < 4.78 is 0. The summed E-state index contributed by atoms with van der Waals surface area (Å²) in [6.45, 7) is 2.79. The number of piperidine rings is 1. The minimum absolute atomic E-state index is 0.0159. The molecule has 110 valence electrons. The van der Waals surface area contributed by atoms with Crippen molar-refractivity contribution in [3.63, 3.8) is 0 Å². The number of carboxylic acid groups (broad SMARTS) is 1. The van der Waals surface area contributed by atoms with Gasteiger partial charge >= 0.3 is 12.0 Å². The predicted octanol–water partition coefficient (Wildman–Crippen LogP) is 1.88. The van der Waals surface area contributed by atoms with E-state index in [2.05, 4.69) is 4.98 Å². The molecule has 6 nitrogen and oxygen atoms in total. The van der Waals surface area contributed by atoms with Crippen LogP contribution in [0, 0.1) is 5.92 Å². The lowest BCUT2D eigenvalue weighted by Gasteiger charge is -2.39. The molecule has 1 N–H and O–H groups in total. The third-order valence-corrected chi connectivity index (χ3v) is 4.28. The SMILES string of the molecule is CC1CCCN(C(=O)N(C)Cc2cscn2)C1C(=O)O. The second kappa shape index (κ2) is 6.21. The van der Waals surface area contributed by atoms with E-state index in [4.69, 9.17) is 0 Å². The third-order valence-electron chi connectivity index (χ3n) is 3.64. The Kier molecular flexibility index (Phi) is 4.59. The number of carbonyl (C=O) groups is 2. The Morgan fingerprint density at radius 2 is 2.35 bits per heavy atom. The average Bonchev–Trinajstić information content (AvgIpc) is 2.89. The number of likely N-dealkylation sites (tertiary alicyclic amines) is 1. The van der Waals surface area contributed by atoms with Crippen LogP contribution in [0.25, 0.3) is 0 Å². The molecular weight excluding hydrogens is 278 g/mol. The highest BCUT2D eigenvalue weighted by atomic mass is 32.1. The van der Waals surface area contributed by atoms with E-state index in [1.807, 2.05) is 12.3 Å². The highest BCUT2D eigenvalue weighted by molar-refractivity contribution is 7.07. The molecule has 0 radical (unpaired) electrons. The minimum atomic E-state index is -0.924. The second-order valence-electron chi connectivity index (χ2n) is 5.21. The van der Waals surface area contributed by atoms with Gasteiger partial charge in [0.25, 0.3) is 0 Å². The fraction of sp³-hybridized carbons (Fsp3) is 0.615. The van der Waals surface area contributed by atoms with E-state index in [-0.39, 0.29) is 11.9 Å². The maximum Gasteiger partial charge on any atom is 0.326 e. The summed E-state index contributed by atoms with van der Waals surface area (Å²) in [5.41, 5.74) is 2.54. The summed E-state index contributed by atoms with van der Waals surface area (Å²) in [6, 6.07) is -0.967. The van der Waals surface area contributed by atoms with Gasteiger partial charge in [-0.3, -0.25) is 0 Å². The summed E-state index contributed by atoms with van der Waals surface area (Å²) in [6.07, 6.45) is 1.69. The van der Waals surface area contributed by atoms with Gasteiger partial charge in [-0.1, -0.05) is 6.92 Å². The van der Waals surface area contributed by atoms with Gasteiger partial charge < -0.3 is 14.9 Å². The molecule has 2 atom stereocenters. The molecule has 2 rings (SSSR count). The van der Waals surface area contributed by atoms with Crippen LogP contribution in [0.3, 0.4) is 0 Å². The molecule has 0 saturated carbocycles. The predicted molar refractivity (Wildman–Crippen MR) is 75.5 cm³/mol. The number of rotatable bonds is 3. The molecule has 0 aliphatic carbocycles. The first-order valence-corrected chi connectivity index (χ1v) is 7.56. The molecule has 1 aliphatic rings. The van der Waals surface area contributed by atoms with Gasteiger partial charge in [-0.25, -0.2) is 14.6 Å². The molecule has 1 aromatic heterocycles. The molecule has 2 amide bonds. The Hall–Kier alpha value is -1.63. The lowest BCUT2D eigenvalue weighted by Crippen LogP contribution is -2.55. The van der Waals surface area contributed by atoms with Crippen molar-refractivity contribution in [2.24, 2.45) is 5.92 Å². The number of aromatic nitrogens is 1. The zero-order chi connectivity index (χ0) is 14.7. The van der Waals surface area contributed by atoms with Crippen LogP contribution < -0.4 is 0 Å². The largest absolute Gasteiger partial charge is 0.480 e. The number of hydrogen-bond donors (Lipinski definition) is 1. The van der Waals surface area contributed by atoms with Crippen molar-refractivity contribution in [2.45, 2.75) is 32.4 Å². The maximum atomic E-state index is 12.4. The van der Waals surface area contributed by atoms with Gasteiger partial charge in [-0.05, 0) is 18.8 Å². The number of carbonyl (C=O) groups excluding carboxylic acids is 1. The van der Waals surface area contributed by atoms with Crippen LogP contribution in [0.15, 0.2) is 10.9 Å². The van der Waals surface area contributed by atoms with Gasteiger partial charge in [-0.15, -0.1) is 11.3 Å². The quantitative estimate of drug-likeness (QED) is 0.924. The third kappa shape index (κ3) is 3.09. The Balaban J connectivity index is 2.07. The van der Waals surface area contributed by atoms with Gasteiger partial charge in [0, 0.05) is 19.0 Å². The van der Waals surface area contributed by atoms with Gasteiger partial charge in [0.05, 0.1) is 17.7 Å². The normalized spacial score (nSPS) is 22.6. The van der Waals surface area contributed by atoms with Crippen LogP contribution >= 0.6 is 11.3 Å². The maximum absolute atomic E-state index is 12.4. The van der Waals surface area contributed by atoms with E-state index < -0.39 is 12.0 Å². The van der Waals surface area contributed by atoms with E-state index in [1.54, 1.807) is 12.6 Å². The molecule has 1 aromatic rings. The monoisotopic (exact) mass is 297 g/mol. The van der Waals surface area contributed by atoms with Crippen molar-refractivity contribution in [3.8, 4) is 0 Å². The zero-order valence-electron chi connectivity index (χ0n) is 11.7. The summed E-state index contributed by atoms with van der Waals surface area (Å²) in [7, 11) is 1.68. The molecule has 2 heterocycles. The van der Waals surface area contributed by atoms with Crippen molar-refractivity contribution in [1.29, 1.82) is 0 Å². The van der Waals surface area contributed by atoms with Gasteiger partial charge in [0.1, 0.15) is 6.04 Å². The zero-order valence-corrected chi connectivity index (χ0v) is 12.5. The van der Waals surface area contributed by atoms with E-state index in [0.717, 1.165) is 18.5 Å². The lowest BCUT2D eigenvalue weighted by molar-refractivity contribution is -0.145. The number of nitrogens with zero attached hydrogens (tertiary/aromatic N) is 3. The number of thiazole rings is 1. The minimum Gasteiger partial charge on any atom is -0.480 e. The van der Waals surface area contributed by atoms with Crippen molar-refractivity contribution < 1.29 is 14.7 Å². The van der Waals surface area contributed by atoms with Crippen LogP contribution in [0.4, 0.5) is 4.79 Å². The molecule has 1 saturated heterocycles. The first-order chi connectivity index (χ1) is 9.50. The van der Waals surface area contributed by atoms with Gasteiger partial charge in [0.15, 0.2) is 0 Å². The Labute approximate surface area is 122 Å². The molecule has 20 heavy (non-hydrogen) atoms. The Morgan fingerprint density at radius 1 is 1.60 bits per heavy atom. The fourth-order valence-electron chi connectivity index (χ4n) is 2.62. The van der Waals surface area contributed by atoms with Crippen molar-refractivity contribution in [1.82, 2.24) is 14.8 Å². The number of urea groups is 1. The van der Waals surface area contributed by atoms with Crippen molar-refractivity contribution in [3.05, 3.63) is 16.6 Å². The molecule has 0 bridgehead atoms. The molecule has 0 aromatic carbocycles. The molecule has 0 spiro atoms. The summed E-state index contributed by atoms with van der Waals surface area (Å²) >= 11 is 1.48. The number of aliphatic carboxylic acids is 1. The average molecular weight is 297 g/mol. The lowest BCUT2D eigenvalue weighted by atomic mass is 9.91. The highest BCUT2D eigenvalue weighted by Crippen LogP contribution is 2.24. The van der Waals surface area contributed by atoms with Crippen LogP contribution in [-0.4, -0.2) is 51.5 Å². The van der Waals surface area contributed by atoms with Crippen LogP contribution in [-0.2, 0) is 11.3 Å². The first kappa shape index (κ1) is 14.8. The standard InChI is InChI=1S/C13H19N3O3S/c1-9-4-3-5-16(11(9)12(17)18)13(19)15(2)6-10-7-20-8-14-10/h7-9,11H,3-6H2,1-2H3,(H,17,18). The van der Waals surface area contributed by atoms with E-state index in [1.165, 1.54) is 21.1 Å². The van der Waals surface area contributed by atoms with Crippen molar-refractivity contribution in [2.75, 3.05) is 13.6 Å². The van der Waals surface area contributed by atoms with E-state index >= 15 is 0 Å². The van der Waals surface area contributed by atoms with Crippen LogP contribution in [0.1, 0.15) is 25.5 Å². The van der Waals surface area contributed by atoms with E-state index in [0.29, 0.717) is 13.1 Å². The molecular formula is C13H19N3O3S. The Morgan fingerprint density at radius 3 is 2.95 bits per heavy atom. The molecule has 7 heteroatoms. The Bertz CT molecular complexity index is 477. The topological polar surface area (TPSA) is 73.7 Å². The molecule has 1 aliphatic heterocycles. The van der Waals surface area contributed by atoms with Gasteiger partial charge in [0.2, 0.25) is 0 Å². The molecule has 1 fully saturated rings.